The summed E-state index contributed by atoms with van der Waals surface area (Å²) in [4.78, 5) is 40.0. The molecule has 0 unspecified atom stereocenters. The number of urea groups is 1. The van der Waals surface area contributed by atoms with Crippen LogP contribution in [-0.2, 0) is 19.1 Å². The highest BCUT2D eigenvalue weighted by Crippen LogP contribution is 2.35. The first-order chi connectivity index (χ1) is 16.4. The van der Waals surface area contributed by atoms with Gasteiger partial charge in [0.05, 0.1) is 45.0 Å². The Morgan fingerprint density at radius 3 is 2.50 bits per heavy atom. The predicted molar refractivity (Wildman–Crippen MR) is 123 cm³/mol. The lowest BCUT2D eigenvalue weighted by Gasteiger charge is -2.35. The molecule has 0 saturated carbocycles. The van der Waals surface area contributed by atoms with Crippen molar-refractivity contribution in [2.45, 2.75) is 32.7 Å². The molecule has 0 aromatic heterocycles. The molecule has 34 heavy (non-hydrogen) atoms. The maximum Gasteiger partial charge on any atom is 0.338 e. The Balaban J connectivity index is 1.95. The van der Waals surface area contributed by atoms with Gasteiger partial charge in [-0.3, -0.25) is 9.69 Å². The Morgan fingerprint density at radius 1 is 1.09 bits per heavy atom. The van der Waals surface area contributed by atoms with E-state index in [0.717, 1.165) is 19.4 Å². The number of nitrogens with zero attached hydrogens (tertiary/aromatic N) is 1. The van der Waals surface area contributed by atoms with E-state index in [0.29, 0.717) is 48.0 Å². The lowest BCUT2D eigenvalue weighted by molar-refractivity contribution is -0.150. The monoisotopic (exact) mass is 475 g/mol. The van der Waals surface area contributed by atoms with Gasteiger partial charge >= 0.3 is 18.0 Å². The minimum absolute atomic E-state index is 0.191. The summed E-state index contributed by atoms with van der Waals surface area (Å²) in [5.41, 5.74) is 1.41. The van der Waals surface area contributed by atoms with Gasteiger partial charge in [0.15, 0.2) is 11.5 Å². The minimum Gasteiger partial charge on any atom is -0.493 e. The first-order valence-corrected chi connectivity index (χ1v) is 11.5. The van der Waals surface area contributed by atoms with Crippen molar-refractivity contribution in [3.8, 4) is 11.5 Å². The van der Waals surface area contributed by atoms with Crippen LogP contribution in [0.2, 0.25) is 0 Å². The van der Waals surface area contributed by atoms with Gasteiger partial charge in [-0.25, -0.2) is 9.59 Å². The highest BCUT2D eigenvalue weighted by Gasteiger charge is 2.36. The minimum atomic E-state index is -0.742. The van der Waals surface area contributed by atoms with Crippen molar-refractivity contribution >= 4 is 18.0 Å². The van der Waals surface area contributed by atoms with Crippen molar-refractivity contribution in [2.24, 2.45) is 5.92 Å². The van der Waals surface area contributed by atoms with Crippen LogP contribution in [0.4, 0.5) is 4.79 Å². The van der Waals surface area contributed by atoms with Crippen molar-refractivity contribution < 1.29 is 33.3 Å². The molecule has 0 aliphatic carbocycles. The number of carbonyl (C=O) groups excluding carboxylic acids is 3. The number of esters is 2. The summed E-state index contributed by atoms with van der Waals surface area (Å²) in [5.74, 6) is 0.0325. The van der Waals surface area contributed by atoms with Crippen LogP contribution in [0.25, 0.3) is 0 Å². The van der Waals surface area contributed by atoms with Gasteiger partial charge in [-0.1, -0.05) is 6.07 Å². The average Bonchev–Trinajstić information content (AvgIpc) is 2.83. The third kappa shape index (κ3) is 5.80. The lowest BCUT2D eigenvalue weighted by atomic mass is 9.93. The van der Waals surface area contributed by atoms with Crippen molar-refractivity contribution in [1.29, 1.82) is 0 Å². The van der Waals surface area contributed by atoms with Crippen LogP contribution in [0.1, 0.15) is 38.3 Å². The fourth-order valence-corrected chi connectivity index (χ4v) is 4.35. The number of benzene rings is 1. The van der Waals surface area contributed by atoms with E-state index in [1.807, 2.05) is 0 Å². The molecule has 2 N–H and O–H groups in total. The Bertz CT molecular complexity index is 946. The molecule has 0 bridgehead atoms. The van der Waals surface area contributed by atoms with Gasteiger partial charge in [0.25, 0.3) is 0 Å². The molecular formula is C24H33N3O7. The van der Waals surface area contributed by atoms with Crippen LogP contribution >= 0.6 is 0 Å². The van der Waals surface area contributed by atoms with Crippen LogP contribution in [0, 0.1) is 5.92 Å². The van der Waals surface area contributed by atoms with Crippen LogP contribution < -0.4 is 20.1 Å². The van der Waals surface area contributed by atoms with E-state index in [-0.39, 0.29) is 18.5 Å². The Morgan fingerprint density at radius 2 is 1.82 bits per heavy atom. The number of amides is 2. The van der Waals surface area contributed by atoms with E-state index in [4.69, 9.17) is 18.9 Å². The zero-order chi connectivity index (χ0) is 24.7. The molecule has 2 aliphatic rings. The second kappa shape index (κ2) is 11.7. The molecule has 186 valence electrons. The number of hydrogen-bond acceptors (Lipinski definition) is 8. The first kappa shape index (κ1) is 25.4. The maximum atomic E-state index is 13.1. The van der Waals surface area contributed by atoms with E-state index in [1.165, 1.54) is 14.2 Å². The van der Waals surface area contributed by atoms with Gasteiger partial charge in [-0.15, -0.1) is 0 Å². The van der Waals surface area contributed by atoms with Crippen LogP contribution in [-0.4, -0.2) is 69.9 Å². The van der Waals surface area contributed by atoms with Crippen molar-refractivity contribution in [3.63, 3.8) is 0 Å². The fourth-order valence-electron chi connectivity index (χ4n) is 4.35. The van der Waals surface area contributed by atoms with Gasteiger partial charge in [0, 0.05) is 18.8 Å². The van der Waals surface area contributed by atoms with Gasteiger partial charge in [-0.2, -0.15) is 0 Å². The molecule has 10 heteroatoms. The second-order valence-electron chi connectivity index (χ2n) is 8.08. The highest BCUT2D eigenvalue weighted by atomic mass is 16.5. The molecule has 2 atom stereocenters. The molecule has 3 rings (SSSR count). The quantitative estimate of drug-likeness (QED) is 0.522. The number of hydrogen-bond donors (Lipinski definition) is 2. The largest absolute Gasteiger partial charge is 0.493 e. The van der Waals surface area contributed by atoms with E-state index in [2.05, 4.69) is 15.5 Å². The van der Waals surface area contributed by atoms with E-state index in [1.54, 1.807) is 32.0 Å². The van der Waals surface area contributed by atoms with Crippen LogP contribution in [0.15, 0.2) is 29.5 Å². The molecule has 0 spiro atoms. The number of carbonyl (C=O) groups is 3. The summed E-state index contributed by atoms with van der Waals surface area (Å²) < 4.78 is 21.2. The normalized spacial score (nSPS) is 20.8. The molecule has 10 nitrogen and oxygen atoms in total. The smallest absolute Gasteiger partial charge is 0.338 e. The topological polar surface area (TPSA) is 115 Å². The second-order valence-corrected chi connectivity index (χ2v) is 8.08. The molecule has 1 aromatic carbocycles. The van der Waals surface area contributed by atoms with Gasteiger partial charge < -0.3 is 29.6 Å². The number of likely N-dealkylation sites (tertiary alicyclic amines) is 1. The maximum absolute atomic E-state index is 13.1. The van der Waals surface area contributed by atoms with E-state index in [9.17, 15) is 14.4 Å². The SMILES string of the molecule is CCOC(=O)C1=C(CN2CCC[C@@H](C(=O)OCC)C2)NC(=O)N[C@@H]1c1ccc(OC)c(OC)c1. The predicted octanol–water partition coefficient (Wildman–Crippen LogP) is 2.15. The Hall–Kier alpha value is -3.27. The number of ether oxygens (including phenoxy) is 4. The zero-order valence-electron chi connectivity index (χ0n) is 20.1. The van der Waals surface area contributed by atoms with Gasteiger partial charge in [0.2, 0.25) is 0 Å². The summed E-state index contributed by atoms with van der Waals surface area (Å²) in [5, 5.41) is 5.61. The highest BCUT2D eigenvalue weighted by molar-refractivity contribution is 5.95. The van der Waals surface area contributed by atoms with Crippen molar-refractivity contribution in [2.75, 3.05) is 47.1 Å². The summed E-state index contributed by atoms with van der Waals surface area (Å²) in [6.45, 7) is 5.56. The molecular weight excluding hydrogens is 442 g/mol. The molecule has 2 amide bonds. The van der Waals surface area contributed by atoms with Gasteiger partial charge in [0.1, 0.15) is 0 Å². The third-order valence-corrected chi connectivity index (χ3v) is 5.90. The fraction of sp³-hybridized carbons (Fsp3) is 0.542. The molecule has 1 aromatic rings. The van der Waals surface area contributed by atoms with Crippen molar-refractivity contribution in [1.82, 2.24) is 15.5 Å². The Kier molecular flexibility index (Phi) is 8.75. The molecule has 1 saturated heterocycles. The standard InChI is InChI=1S/C24H33N3O7/c1-5-33-22(28)16-8-7-11-27(13-16)14-17-20(23(29)34-6-2)21(26-24(30)25-17)15-9-10-18(31-3)19(12-15)32-4/h9-10,12,16,21H,5-8,11,13-14H2,1-4H3,(H2,25,26,30)/t16-,21-/m1/s1. The van der Waals surface area contributed by atoms with Crippen LogP contribution in [0.5, 0.6) is 11.5 Å². The third-order valence-electron chi connectivity index (χ3n) is 5.90. The molecule has 1 fully saturated rings. The number of nitrogens with one attached hydrogen (secondary N) is 2. The summed E-state index contributed by atoms with van der Waals surface area (Å²) in [6, 6.07) is 4.05. The summed E-state index contributed by atoms with van der Waals surface area (Å²) >= 11 is 0. The van der Waals surface area contributed by atoms with Crippen molar-refractivity contribution in [3.05, 3.63) is 35.0 Å². The molecule has 2 aliphatic heterocycles. The van der Waals surface area contributed by atoms with Crippen LogP contribution in [0.3, 0.4) is 0 Å². The van der Waals surface area contributed by atoms with E-state index >= 15 is 0 Å². The summed E-state index contributed by atoms with van der Waals surface area (Å²) in [6.07, 6.45) is 1.57. The first-order valence-electron chi connectivity index (χ1n) is 11.5. The number of piperidine rings is 1. The van der Waals surface area contributed by atoms with Gasteiger partial charge in [-0.05, 0) is 50.9 Å². The number of methoxy groups -OCH3 is 2. The van der Waals surface area contributed by atoms with E-state index < -0.39 is 18.0 Å². The zero-order valence-corrected chi connectivity index (χ0v) is 20.1. The number of rotatable bonds is 9. The molecule has 0 radical (unpaired) electrons. The summed E-state index contributed by atoms with van der Waals surface area (Å²) in [7, 11) is 3.06. The molecule has 2 heterocycles. The average molecular weight is 476 g/mol. The Labute approximate surface area is 199 Å². The lowest BCUT2D eigenvalue weighted by Crippen LogP contribution is -2.50.